The maximum atomic E-state index is 11.5. The molecule has 7 heteroatoms. The number of hydrogen-bond acceptors (Lipinski definition) is 4. The van der Waals surface area contributed by atoms with Crippen molar-refractivity contribution in [2.45, 2.75) is 37.6 Å². The minimum Gasteiger partial charge on any atom is -0.480 e. The molecule has 1 saturated carbocycles. The molecule has 17 heavy (non-hydrogen) atoms. The zero-order chi connectivity index (χ0) is 13.1. The van der Waals surface area contributed by atoms with Gasteiger partial charge in [-0.3, -0.25) is 4.79 Å². The van der Waals surface area contributed by atoms with Gasteiger partial charge in [-0.25, -0.2) is 13.2 Å². The first kappa shape index (κ1) is 14.0. The van der Waals surface area contributed by atoms with Gasteiger partial charge < -0.3 is 10.4 Å². The van der Waals surface area contributed by atoms with Gasteiger partial charge in [-0.2, -0.15) is 0 Å². The number of carboxylic acids is 1. The second-order valence-electron chi connectivity index (χ2n) is 4.52. The Hall–Kier alpha value is -1.11. The highest BCUT2D eigenvalue weighted by molar-refractivity contribution is 7.90. The Morgan fingerprint density at radius 3 is 2.29 bits per heavy atom. The Morgan fingerprint density at radius 2 is 1.94 bits per heavy atom. The van der Waals surface area contributed by atoms with Crippen LogP contribution in [0.25, 0.3) is 0 Å². The molecular formula is C10H17NO5S. The fourth-order valence-corrected chi connectivity index (χ4v) is 2.42. The molecule has 0 aliphatic heterocycles. The van der Waals surface area contributed by atoms with Crippen LogP contribution in [-0.4, -0.2) is 42.9 Å². The van der Waals surface area contributed by atoms with E-state index in [9.17, 15) is 18.0 Å². The lowest BCUT2D eigenvalue weighted by Gasteiger charge is -2.38. The monoisotopic (exact) mass is 263 g/mol. The Labute approximate surface area is 100 Å². The first-order valence-electron chi connectivity index (χ1n) is 5.47. The fourth-order valence-electron chi connectivity index (χ4n) is 1.75. The highest BCUT2D eigenvalue weighted by atomic mass is 32.2. The second-order valence-corrected chi connectivity index (χ2v) is 6.78. The van der Waals surface area contributed by atoms with Crippen LogP contribution in [-0.2, 0) is 19.4 Å². The van der Waals surface area contributed by atoms with E-state index < -0.39 is 27.3 Å². The minimum atomic E-state index is -3.07. The van der Waals surface area contributed by atoms with E-state index in [-0.39, 0.29) is 18.6 Å². The van der Waals surface area contributed by atoms with Crippen LogP contribution >= 0.6 is 0 Å². The summed E-state index contributed by atoms with van der Waals surface area (Å²) in [6.07, 6.45) is 3.05. The molecule has 1 aliphatic rings. The van der Waals surface area contributed by atoms with E-state index in [0.29, 0.717) is 12.8 Å². The van der Waals surface area contributed by atoms with Crippen LogP contribution in [0.15, 0.2) is 0 Å². The maximum absolute atomic E-state index is 11.5. The largest absolute Gasteiger partial charge is 0.480 e. The first-order valence-corrected chi connectivity index (χ1v) is 7.53. The molecule has 1 aliphatic carbocycles. The normalized spacial score (nSPS) is 18.2. The molecule has 0 atom stereocenters. The lowest BCUT2D eigenvalue weighted by molar-refractivity contribution is -0.151. The summed E-state index contributed by atoms with van der Waals surface area (Å²) in [6.45, 7) is 0. The van der Waals surface area contributed by atoms with Crippen molar-refractivity contribution in [2.75, 3.05) is 12.0 Å². The van der Waals surface area contributed by atoms with Gasteiger partial charge in [0.05, 0.1) is 5.75 Å². The number of carbonyl (C=O) groups is 2. The van der Waals surface area contributed by atoms with Crippen molar-refractivity contribution in [3.63, 3.8) is 0 Å². The molecule has 98 valence electrons. The Kier molecular flexibility index (Phi) is 4.13. The quantitative estimate of drug-likeness (QED) is 0.699. The molecular weight excluding hydrogens is 246 g/mol. The van der Waals surface area contributed by atoms with Crippen molar-refractivity contribution < 1.29 is 23.1 Å². The van der Waals surface area contributed by atoms with Crippen LogP contribution in [0.3, 0.4) is 0 Å². The van der Waals surface area contributed by atoms with E-state index in [1.807, 2.05) is 0 Å². The van der Waals surface area contributed by atoms with Crippen molar-refractivity contribution in [2.24, 2.45) is 0 Å². The van der Waals surface area contributed by atoms with Crippen LogP contribution in [0.2, 0.25) is 0 Å². The average molecular weight is 263 g/mol. The number of sulfone groups is 1. The summed E-state index contributed by atoms with van der Waals surface area (Å²) in [4.78, 5) is 22.4. The second kappa shape index (κ2) is 5.03. The van der Waals surface area contributed by atoms with Crippen molar-refractivity contribution in [3.05, 3.63) is 0 Å². The third-order valence-corrected chi connectivity index (χ3v) is 3.94. The third-order valence-electron chi connectivity index (χ3n) is 2.91. The van der Waals surface area contributed by atoms with Gasteiger partial charge in [0.25, 0.3) is 0 Å². The summed E-state index contributed by atoms with van der Waals surface area (Å²) in [5.41, 5.74) is -1.11. The Bertz CT molecular complexity index is 410. The standard InChI is InChI=1S/C10H17NO5S/c1-17(15,16)7-2-4-8(12)11-10(9(13)14)5-3-6-10/h2-7H2,1H3,(H,11,12)(H,13,14). The topological polar surface area (TPSA) is 101 Å². The SMILES string of the molecule is CS(=O)(=O)CCCC(=O)NC1(C(=O)O)CCC1. The minimum absolute atomic E-state index is 0.0437. The van der Waals surface area contributed by atoms with Crippen LogP contribution in [0, 0.1) is 0 Å². The molecule has 0 unspecified atom stereocenters. The number of carboxylic acid groups (broad SMARTS) is 1. The van der Waals surface area contributed by atoms with Crippen LogP contribution in [0.1, 0.15) is 32.1 Å². The molecule has 0 saturated heterocycles. The maximum Gasteiger partial charge on any atom is 0.329 e. The van der Waals surface area contributed by atoms with E-state index >= 15 is 0 Å². The number of rotatable bonds is 6. The lowest BCUT2D eigenvalue weighted by atomic mass is 9.76. The Morgan fingerprint density at radius 1 is 1.35 bits per heavy atom. The molecule has 0 aromatic rings. The number of carbonyl (C=O) groups excluding carboxylic acids is 1. The first-order chi connectivity index (χ1) is 7.75. The lowest BCUT2D eigenvalue weighted by Crippen LogP contribution is -2.59. The smallest absolute Gasteiger partial charge is 0.329 e. The molecule has 1 fully saturated rings. The molecule has 0 aromatic carbocycles. The van der Waals surface area contributed by atoms with Gasteiger partial charge >= 0.3 is 5.97 Å². The average Bonchev–Trinajstić information content (AvgIpc) is 2.08. The van der Waals surface area contributed by atoms with Gasteiger partial charge in [-0.05, 0) is 25.7 Å². The van der Waals surface area contributed by atoms with Crippen LogP contribution in [0.4, 0.5) is 0 Å². The van der Waals surface area contributed by atoms with Gasteiger partial charge in [0.2, 0.25) is 5.91 Å². The van der Waals surface area contributed by atoms with Gasteiger partial charge in [-0.15, -0.1) is 0 Å². The predicted octanol–water partition coefficient (Wildman–Crippen LogP) is -0.0653. The summed E-state index contributed by atoms with van der Waals surface area (Å²) < 4.78 is 21.7. The summed E-state index contributed by atoms with van der Waals surface area (Å²) in [7, 11) is -3.07. The molecule has 0 radical (unpaired) electrons. The van der Waals surface area contributed by atoms with Gasteiger partial charge in [-0.1, -0.05) is 0 Å². The molecule has 0 aromatic heterocycles. The van der Waals surface area contributed by atoms with Crippen LogP contribution < -0.4 is 5.32 Å². The van der Waals surface area contributed by atoms with E-state index in [2.05, 4.69) is 5.32 Å². The summed E-state index contributed by atoms with van der Waals surface area (Å²) >= 11 is 0. The van der Waals surface area contributed by atoms with Crippen molar-refractivity contribution >= 4 is 21.7 Å². The number of aliphatic carboxylic acids is 1. The Balaban J connectivity index is 2.37. The van der Waals surface area contributed by atoms with E-state index in [4.69, 9.17) is 5.11 Å². The highest BCUT2D eigenvalue weighted by Gasteiger charge is 2.45. The third kappa shape index (κ3) is 3.99. The summed E-state index contributed by atoms with van der Waals surface area (Å²) in [6, 6.07) is 0. The van der Waals surface area contributed by atoms with E-state index in [1.54, 1.807) is 0 Å². The molecule has 0 spiro atoms. The fraction of sp³-hybridized carbons (Fsp3) is 0.800. The molecule has 0 heterocycles. The number of hydrogen-bond donors (Lipinski definition) is 2. The summed E-state index contributed by atoms with van der Waals surface area (Å²) in [5.74, 6) is -1.46. The molecule has 2 N–H and O–H groups in total. The molecule has 0 bridgehead atoms. The number of amides is 1. The molecule has 1 rings (SSSR count). The van der Waals surface area contributed by atoms with Gasteiger partial charge in [0, 0.05) is 12.7 Å². The van der Waals surface area contributed by atoms with Crippen molar-refractivity contribution in [1.82, 2.24) is 5.32 Å². The van der Waals surface area contributed by atoms with Gasteiger partial charge in [0.1, 0.15) is 15.4 Å². The van der Waals surface area contributed by atoms with Crippen LogP contribution in [0.5, 0.6) is 0 Å². The molecule has 6 nitrogen and oxygen atoms in total. The highest BCUT2D eigenvalue weighted by Crippen LogP contribution is 2.32. The molecule has 1 amide bonds. The van der Waals surface area contributed by atoms with Crippen molar-refractivity contribution in [1.29, 1.82) is 0 Å². The van der Waals surface area contributed by atoms with Crippen molar-refractivity contribution in [3.8, 4) is 0 Å². The zero-order valence-corrected chi connectivity index (χ0v) is 10.5. The number of nitrogens with one attached hydrogen (secondary N) is 1. The zero-order valence-electron chi connectivity index (χ0n) is 9.73. The van der Waals surface area contributed by atoms with E-state index in [1.165, 1.54) is 0 Å². The summed E-state index contributed by atoms with van der Waals surface area (Å²) in [5, 5.41) is 11.5. The van der Waals surface area contributed by atoms with Gasteiger partial charge in [0.15, 0.2) is 0 Å². The van der Waals surface area contributed by atoms with E-state index in [0.717, 1.165) is 12.7 Å². The predicted molar refractivity (Wildman–Crippen MR) is 61.3 cm³/mol.